The van der Waals surface area contributed by atoms with Gasteiger partial charge in [0.05, 0.1) is 18.4 Å². The van der Waals surface area contributed by atoms with Crippen LogP contribution >= 0.6 is 27.3 Å². The molecular formula is C25H27BrN2O3S. The predicted octanol–water partition coefficient (Wildman–Crippen LogP) is 6.44. The van der Waals surface area contributed by atoms with Crippen molar-refractivity contribution < 1.29 is 14.0 Å². The molecule has 1 aromatic carbocycles. The van der Waals surface area contributed by atoms with Crippen molar-refractivity contribution in [2.45, 2.75) is 46.6 Å². The van der Waals surface area contributed by atoms with Crippen LogP contribution in [-0.2, 0) is 19.4 Å². The normalized spacial score (nSPS) is 15.8. The second kappa shape index (κ2) is 9.24. The molecule has 7 heteroatoms. The Morgan fingerprint density at radius 2 is 2.00 bits per heavy atom. The summed E-state index contributed by atoms with van der Waals surface area (Å²) in [5, 5.41) is 6.59. The Bertz CT molecular complexity index is 1130. The second-order valence-corrected chi connectivity index (χ2v) is 11.3. The number of nitrogens with one attached hydrogen (secondary N) is 2. The third-order valence-electron chi connectivity index (χ3n) is 6.03. The van der Waals surface area contributed by atoms with Gasteiger partial charge in [-0.2, -0.15) is 0 Å². The summed E-state index contributed by atoms with van der Waals surface area (Å²) >= 11 is 4.95. The molecule has 1 atom stereocenters. The first-order valence-corrected chi connectivity index (χ1v) is 12.4. The maximum atomic E-state index is 13.2. The van der Waals surface area contributed by atoms with Gasteiger partial charge in [-0.3, -0.25) is 9.59 Å². The topological polar surface area (TPSA) is 71.3 Å². The molecule has 0 saturated carbocycles. The third kappa shape index (κ3) is 4.99. The fourth-order valence-electron chi connectivity index (χ4n) is 4.13. The zero-order valence-corrected chi connectivity index (χ0v) is 20.9. The number of furan rings is 1. The van der Waals surface area contributed by atoms with Crippen LogP contribution in [0.4, 0.5) is 5.00 Å². The average Bonchev–Trinajstić information content (AvgIpc) is 3.38. The van der Waals surface area contributed by atoms with Gasteiger partial charge in [0.15, 0.2) is 0 Å². The Balaban J connectivity index is 1.64. The van der Waals surface area contributed by atoms with Gasteiger partial charge in [-0.25, -0.2) is 0 Å². The Kier molecular flexibility index (Phi) is 6.58. The molecule has 0 aliphatic heterocycles. The van der Waals surface area contributed by atoms with Crippen LogP contribution in [0.2, 0.25) is 0 Å². The molecule has 0 radical (unpaired) electrons. The molecule has 1 aliphatic rings. The lowest BCUT2D eigenvalue weighted by Crippen LogP contribution is -2.28. The van der Waals surface area contributed by atoms with Gasteiger partial charge < -0.3 is 15.1 Å². The minimum Gasteiger partial charge on any atom is -0.467 e. The number of anilines is 1. The molecule has 3 aromatic rings. The van der Waals surface area contributed by atoms with Crippen LogP contribution in [0.1, 0.15) is 64.1 Å². The van der Waals surface area contributed by atoms with Crippen LogP contribution < -0.4 is 10.6 Å². The minimum absolute atomic E-state index is 0.183. The van der Waals surface area contributed by atoms with Gasteiger partial charge >= 0.3 is 0 Å². The van der Waals surface area contributed by atoms with Gasteiger partial charge in [0.25, 0.3) is 11.8 Å². The zero-order valence-electron chi connectivity index (χ0n) is 18.5. The van der Waals surface area contributed by atoms with E-state index in [-0.39, 0.29) is 17.2 Å². The van der Waals surface area contributed by atoms with E-state index in [0.717, 1.165) is 29.3 Å². The molecule has 2 amide bonds. The summed E-state index contributed by atoms with van der Waals surface area (Å²) in [6.07, 6.45) is 4.38. The van der Waals surface area contributed by atoms with E-state index in [2.05, 4.69) is 47.3 Å². The molecular weight excluding hydrogens is 488 g/mol. The number of benzene rings is 1. The second-order valence-electron chi connectivity index (χ2n) is 9.24. The zero-order chi connectivity index (χ0) is 22.9. The number of hydrogen-bond donors (Lipinski definition) is 2. The summed E-state index contributed by atoms with van der Waals surface area (Å²) in [4.78, 5) is 27.4. The Morgan fingerprint density at radius 3 is 2.69 bits per heavy atom. The van der Waals surface area contributed by atoms with Gasteiger partial charge in [0.2, 0.25) is 0 Å². The van der Waals surface area contributed by atoms with Crippen molar-refractivity contribution in [3.05, 3.63) is 74.5 Å². The number of amides is 2. The monoisotopic (exact) mass is 514 g/mol. The van der Waals surface area contributed by atoms with Gasteiger partial charge in [-0.15, -0.1) is 11.3 Å². The first kappa shape index (κ1) is 22.8. The highest BCUT2D eigenvalue weighted by Crippen LogP contribution is 2.44. The first-order chi connectivity index (χ1) is 15.2. The van der Waals surface area contributed by atoms with Crippen LogP contribution in [0, 0.1) is 11.3 Å². The SMILES string of the molecule is CC(C)(C)C1CCc2c(sc(NC(=O)c3cccc(Br)c3)c2C(=O)NCc2ccco2)C1. The predicted molar refractivity (Wildman–Crippen MR) is 131 cm³/mol. The van der Waals surface area contributed by atoms with Crippen LogP contribution in [0.15, 0.2) is 51.6 Å². The molecule has 1 unspecified atom stereocenters. The van der Waals surface area contributed by atoms with Crippen LogP contribution in [-0.4, -0.2) is 11.8 Å². The van der Waals surface area contributed by atoms with Crippen molar-refractivity contribution in [3.8, 4) is 0 Å². The highest BCUT2D eigenvalue weighted by molar-refractivity contribution is 9.10. The number of thiophene rings is 1. The van der Waals surface area contributed by atoms with Crippen molar-refractivity contribution in [1.82, 2.24) is 5.32 Å². The number of halogens is 1. The van der Waals surface area contributed by atoms with E-state index in [0.29, 0.717) is 34.4 Å². The van der Waals surface area contributed by atoms with Gasteiger partial charge in [-0.1, -0.05) is 42.8 Å². The van der Waals surface area contributed by atoms with E-state index in [4.69, 9.17) is 4.42 Å². The fraction of sp³-hybridized carbons (Fsp3) is 0.360. The Morgan fingerprint density at radius 1 is 1.19 bits per heavy atom. The van der Waals surface area contributed by atoms with E-state index >= 15 is 0 Å². The lowest BCUT2D eigenvalue weighted by Gasteiger charge is -2.33. The summed E-state index contributed by atoms with van der Waals surface area (Å²) in [6, 6.07) is 10.9. The highest BCUT2D eigenvalue weighted by Gasteiger charge is 2.34. The van der Waals surface area contributed by atoms with Crippen LogP contribution in [0.25, 0.3) is 0 Å². The largest absolute Gasteiger partial charge is 0.467 e. The summed E-state index contributed by atoms with van der Waals surface area (Å²) in [6.45, 7) is 7.11. The lowest BCUT2D eigenvalue weighted by atomic mass is 9.72. The molecule has 2 aromatic heterocycles. The molecule has 4 rings (SSSR count). The molecule has 0 bridgehead atoms. The van der Waals surface area contributed by atoms with Crippen molar-refractivity contribution in [3.63, 3.8) is 0 Å². The maximum absolute atomic E-state index is 13.2. The summed E-state index contributed by atoms with van der Waals surface area (Å²) in [5.74, 6) is 0.825. The van der Waals surface area contributed by atoms with E-state index in [1.807, 2.05) is 18.2 Å². The third-order valence-corrected chi connectivity index (χ3v) is 7.70. The molecule has 1 aliphatic carbocycles. The molecule has 2 N–H and O–H groups in total. The number of carbonyl (C=O) groups excluding carboxylic acids is 2. The van der Waals surface area contributed by atoms with E-state index in [9.17, 15) is 9.59 Å². The quantitative estimate of drug-likeness (QED) is 0.411. The van der Waals surface area contributed by atoms with E-state index in [1.165, 1.54) is 16.2 Å². The molecule has 0 fully saturated rings. The van der Waals surface area contributed by atoms with Crippen LogP contribution in [0.3, 0.4) is 0 Å². The van der Waals surface area contributed by atoms with Crippen molar-refractivity contribution in [2.75, 3.05) is 5.32 Å². The Labute approximate surface area is 200 Å². The Hall–Kier alpha value is -2.38. The molecule has 5 nitrogen and oxygen atoms in total. The van der Waals surface area contributed by atoms with Gasteiger partial charge in [0, 0.05) is 14.9 Å². The number of carbonyl (C=O) groups is 2. The van der Waals surface area contributed by atoms with Gasteiger partial charge in [-0.05, 0) is 66.5 Å². The first-order valence-electron chi connectivity index (χ1n) is 10.7. The molecule has 32 heavy (non-hydrogen) atoms. The van der Waals surface area contributed by atoms with Crippen molar-refractivity contribution in [1.29, 1.82) is 0 Å². The van der Waals surface area contributed by atoms with Crippen LogP contribution in [0.5, 0.6) is 0 Å². The maximum Gasteiger partial charge on any atom is 0.256 e. The molecule has 2 heterocycles. The van der Waals surface area contributed by atoms with Gasteiger partial charge in [0.1, 0.15) is 10.8 Å². The number of hydrogen-bond acceptors (Lipinski definition) is 4. The lowest BCUT2D eigenvalue weighted by molar-refractivity contribution is 0.0947. The van der Waals surface area contributed by atoms with Crippen molar-refractivity contribution in [2.24, 2.45) is 11.3 Å². The van der Waals surface area contributed by atoms with Crippen molar-refractivity contribution >= 4 is 44.1 Å². The highest BCUT2D eigenvalue weighted by atomic mass is 79.9. The average molecular weight is 515 g/mol. The standard InChI is InChI=1S/C25H27BrN2O3S/c1-25(2,3)16-9-10-19-20(13-16)32-24(28-22(29)15-6-4-7-17(26)12-15)21(19)23(30)27-14-18-8-5-11-31-18/h4-8,11-12,16H,9-10,13-14H2,1-3H3,(H,27,30)(H,28,29). The minimum atomic E-state index is -0.225. The molecule has 0 spiro atoms. The summed E-state index contributed by atoms with van der Waals surface area (Å²) in [7, 11) is 0. The number of fused-ring (bicyclic) bond motifs is 1. The summed E-state index contributed by atoms with van der Waals surface area (Å²) < 4.78 is 6.18. The molecule has 0 saturated heterocycles. The van der Waals surface area contributed by atoms with E-state index < -0.39 is 0 Å². The number of rotatable bonds is 5. The smallest absolute Gasteiger partial charge is 0.256 e. The van der Waals surface area contributed by atoms with E-state index in [1.54, 1.807) is 24.5 Å². The molecule has 168 valence electrons. The fourth-order valence-corrected chi connectivity index (χ4v) is 5.85. The summed E-state index contributed by atoms with van der Waals surface area (Å²) in [5.41, 5.74) is 2.40.